The molecular formula is C38H36F5N7O2. The van der Waals surface area contributed by atoms with Gasteiger partial charge in [-0.2, -0.15) is 15.1 Å². The van der Waals surface area contributed by atoms with Crippen molar-refractivity contribution in [3.05, 3.63) is 47.7 Å². The molecule has 2 bridgehead atoms. The monoisotopic (exact) mass is 717 g/mol. The average Bonchev–Trinajstić information content (AvgIpc) is 3.78. The molecule has 9 rings (SSSR count). The number of aromatic nitrogens is 4. The van der Waals surface area contributed by atoms with Crippen molar-refractivity contribution in [2.45, 2.75) is 56.3 Å². The van der Waals surface area contributed by atoms with Crippen LogP contribution < -0.4 is 15.0 Å². The normalized spacial score (nSPS) is 23.8. The second kappa shape index (κ2) is 11.9. The molecule has 14 heteroatoms. The SMILES string of the molecule is C#Cc1c(F)ccc2cc(O)cc(-c3c(F)c4nc(OCC5(CN6CC[C@@H](F)C6)CC(F)(F)C5)nc(N5CC6CCC(C5)N6)c4c4cn(C)nc34)c12. The van der Waals surface area contributed by atoms with Crippen LogP contribution in [0.4, 0.5) is 27.8 Å². The molecule has 9 nitrogen and oxygen atoms in total. The molecule has 270 valence electrons. The fourth-order valence-electron chi connectivity index (χ4n) is 9.11. The summed E-state index contributed by atoms with van der Waals surface area (Å²) >= 11 is 0. The molecule has 1 saturated carbocycles. The number of nitrogens with one attached hydrogen (secondary N) is 1. The minimum absolute atomic E-state index is 0.0491. The van der Waals surface area contributed by atoms with Gasteiger partial charge in [0.15, 0.2) is 5.82 Å². The molecule has 3 aromatic carbocycles. The predicted octanol–water partition coefficient (Wildman–Crippen LogP) is 6.08. The van der Waals surface area contributed by atoms with E-state index in [1.807, 2.05) is 4.90 Å². The molecule has 2 aromatic heterocycles. The highest BCUT2D eigenvalue weighted by molar-refractivity contribution is 6.18. The fraction of sp³-hybridized carbons (Fsp3) is 0.447. The molecule has 1 aliphatic carbocycles. The number of likely N-dealkylation sites (tertiary alicyclic amines) is 1. The Labute approximate surface area is 295 Å². The molecule has 3 aliphatic heterocycles. The number of fused-ring (bicyclic) bond motifs is 6. The van der Waals surface area contributed by atoms with E-state index in [4.69, 9.17) is 16.1 Å². The number of hydrogen-bond donors (Lipinski definition) is 2. The zero-order chi connectivity index (χ0) is 36.1. The van der Waals surface area contributed by atoms with Gasteiger partial charge < -0.3 is 20.1 Å². The molecule has 5 heterocycles. The van der Waals surface area contributed by atoms with Gasteiger partial charge in [-0.25, -0.2) is 22.0 Å². The van der Waals surface area contributed by atoms with Gasteiger partial charge in [-0.1, -0.05) is 12.0 Å². The van der Waals surface area contributed by atoms with E-state index in [-0.39, 0.29) is 76.7 Å². The van der Waals surface area contributed by atoms with E-state index >= 15 is 8.78 Å². The van der Waals surface area contributed by atoms with Gasteiger partial charge in [0.25, 0.3) is 0 Å². The highest BCUT2D eigenvalue weighted by Crippen LogP contribution is 2.53. The molecule has 3 atom stereocenters. The Morgan fingerprint density at radius 1 is 1.04 bits per heavy atom. The molecule has 0 amide bonds. The number of aryl methyl sites for hydroxylation is 1. The van der Waals surface area contributed by atoms with Crippen LogP contribution in [0.2, 0.25) is 0 Å². The van der Waals surface area contributed by atoms with Crippen LogP contribution >= 0.6 is 0 Å². The number of benzene rings is 3. The molecule has 4 aliphatic rings. The number of ether oxygens (including phenoxy) is 1. The van der Waals surface area contributed by atoms with Crippen molar-refractivity contribution in [3.8, 4) is 35.2 Å². The lowest BCUT2D eigenvalue weighted by molar-refractivity contribution is -0.179. The first-order valence-corrected chi connectivity index (χ1v) is 17.6. The molecule has 2 N–H and O–H groups in total. The van der Waals surface area contributed by atoms with E-state index in [0.717, 1.165) is 12.8 Å². The van der Waals surface area contributed by atoms with Crippen LogP contribution in [0.5, 0.6) is 11.8 Å². The number of piperazine rings is 1. The highest BCUT2D eigenvalue weighted by Gasteiger charge is 2.58. The maximum atomic E-state index is 17.5. The maximum Gasteiger partial charge on any atom is 0.319 e. The van der Waals surface area contributed by atoms with Crippen molar-refractivity contribution in [2.75, 3.05) is 44.2 Å². The summed E-state index contributed by atoms with van der Waals surface area (Å²) in [6.45, 7) is 1.90. The van der Waals surface area contributed by atoms with Crippen molar-refractivity contribution >= 4 is 38.4 Å². The molecular weight excluding hydrogens is 681 g/mol. The average molecular weight is 718 g/mol. The maximum absolute atomic E-state index is 17.5. The molecule has 52 heavy (non-hydrogen) atoms. The Hall–Kier alpha value is -4.74. The van der Waals surface area contributed by atoms with Gasteiger partial charge in [0.05, 0.1) is 17.6 Å². The highest BCUT2D eigenvalue weighted by atomic mass is 19.3. The number of halogens is 5. The number of anilines is 1. The molecule has 0 spiro atoms. The van der Waals surface area contributed by atoms with Gasteiger partial charge in [0.2, 0.25) is 5.92 Å². The third kappa shape index (κ3) is 5.47. The molecule has 4 fully saturated rings. The van der Waals surface area contributed by atoms with E-state index in [1.54, 1.807) is 13.2 Å². The number of terminal acetylenes is 1. The Balaban J connectivity index is 1.24. The zero-order valence-electron chi connectivity index (χ0n) is 28.4. The van der Waals surface area contributed by atoms with Crippen molar-refractivity contribution in [1.29, 1.82) is 0 Å². The van der Waals surface area contributed by atoms with Crippen molar-refractivity contribution in [2.24, 2.45) is 12.5 Å². The standard InChI is InChI=1S/C38H36F5N7O2/c1-3-25-28(40)7-4-20-10-24(51)11-26(29(20)25)30-32(41)34-31(27-15-48(2)47-33(27)30)35(50-13-22-5-6-23(14-50)44-22)46-36(45-34)52-19-37(16-38(42,43)17-37)18-49-9-8-21(39)12-49/h1,4,7,10-11,15,21-23,44,51H,5-6,8-9,12-14,16-19H2,2H3/t21-,22?,23?/m1/s1. The first-order chi connectivity index (χ1) is 24.9. The zero-order valence-corrected chi connectivity index (χ0v) is 28.4. The van der Waals surface area contributed by atoms with Crippen LogP contribution in [0.3, 0.4) is 0 Å². The lowest BCUT2D eigenvalue weighted by Crippen LogP contribution is -2.55. The quantitative estimate of drug-likeness (QED) is 0.155. The number of nitrogens with zero attached hydrogens (tertiary/aromatic N) is 6. The summed E-state index contributed by atoms with van der Waals surface area (Å²) in [5.41, 5.74) is -0.861. The predicted molar refractivity (Wildman–Crippen MR) is 186 cm³/mol. The minimum Gasteiger partial charge on any atom is -0.508 e. The number of aromatic hydroxyl groups is 1. The fourth-order valence-corrected chi connectivity index (χ4v) is 9.11. The van der Waals surface area contributed by atoms with Gasteiger partial charge in [0, 0.05) is 92.6 Å². The van der Waals surface area contributed by atoms with E-state index in [9.17, 15) is 18.3 Å². The number of rotatable bonds is 7. The Bertz CT molecular complexity index is 2300. The van der Waals surface area contributed by atoms with Crippen molar-refractivity contribution < 1.29 is 31.8 Å². The molecule has 2 unspecified atom stereocenters. The Morgan fingerprint density at radius 2 is 1.81 bits per heavy atom. The third-order valence-corrected chi connectivity index (χ3v) is 11.2. The second-order valence-electron chi connectivity index (χ2n) is 15.1. The number of phenols is 1. The summed E-state index contributed by atoms with van der Waals surface area (Å²) in [5, 5.41) is 20.6. The van der Waals surface area contributed by atoms with E-state index < -0.39 is 42.0 Å². The first kappa shape index (κ1) is 33.1. The second-order valence-corrected chi connectivity index (χ2v) is 15.1. The largest absolute Gasteiger partial charge is 0.508 e. The van der Waals surface area contributed by atoms with E-state index in [0.29, 0.717) is 48.0 Å². The number of hydrogen-bond acceptors (Lipinski definition) is 8. The summed E-state index contributed by atoms with van der Waals surface area (Å²) in [4.78, 5) is 13.4. The van der Waals surface area contributed by atoms with Crippen molar-refractivity contribution in [1.82, 2.24) is 30.0 Å². The molecule has 3 saturated heterocycles. The van der Waals surface area contributed by atoms with Crippen LogP contribution in [0.25, 0.3) is 43.7 Å². The summed E-state index contributed by atoms with van der Waals surface area (Å²) in [6, 6.07) is 5.61. The Morgan fingerprint density at radius 3 is 2.50 bits per heavy atom. The van der Waals surface area contributed by atoms with Gasteiger partial charge >= 0.3 is 6.01 Å². The van der Waals surface area contributed by atoms with Crippen LogP contribution in [-0.4, -0.2) is 93.3 Å². The third-order valence-electron chi connectivity index (χ3n) is 11.2. The smallest absolute Gasteiger partial charge is 0.319 e. The lowest BCUT2D eigenvalue weighted by atomic mass is 9.66. The van der Waals surface area contributed by atoms with Gasteiger partial charge in [0.1, 0.15) is 34.6 Å². The first-order valence-electron chi connectivity index (χ1n) is 17.6. The number of phenolic OH excluding ortho intramolecular Hbond substituents is 1. The van der Waals surface area contributed by atoms with Crippen LogP contribution in [-0.2, 0) is 7.05 Å². The van der Waals surface area contributed by atoms with Gasteiger partial charge in [-0.3, -0.25) is 9.58 Å². The summed E-state index contributed by atoms with van der Waals surface area (Å²) < 4.78 is 83.3. The van der Waals surface area contributed by atoms with Gasteiger partial charge in [-0.15, -0.1) is 6.42 Å². The molecule has 5 aromatic rings. The molecule has 0 radical (unpaired) electrons. The Kier molecular flexibility index (Phi) is 7.58. The van der Waals surface area contributed by atoms with E-state index in [1.165, 1.54) is 28.9 Å². The summed E-state index contributed by atoms with van der Waals surface area (Å²) in [5.74, 6) is -1.75. The summed E-state index contributed by atoms with van der Waals surface area (Å²) in [6.07, 6.45) is 7.95. The van der Waals surface area contributed by atoms with E-state index in [2.05, 4.69) is 26.2 Å². The number of alkyl halides is 3. The topological polar surface area (TPSA) is 91.6 Å². The van der Waals surface area contributed by atoms with Crippen molar-refractivity contribution in [3.63, 3.8) is 0 Å². The van der Waals surface area contributed by atoms with Crippen LogP contribution in [0.15, 0.2) is 30.5 Å². The lowest BCUT2D eigenvalue weighted by Gasteiger charge is -2.48. The summed E-state index contributed by atoms with van der Waals surface area (Å²) in [7, 11) is 1.70. The van der Waals surface area contributed by atoms with Crippen LogP contribution in [0.1, 0.15) is 37.7 Å². The minimum atomic E-state index is -2.87. The van der Waals surface area contributed by atoms with Crippen LogP contribution in [0, 0.1) is 29.4 Å². The van der Waals surface area contributed by atoms with Gasteiger partial charge in [-0.05, 0) is 48.4 Å².